The first kappa shape index (κ1) is 17.5. The van der Waals surface area contributed by atoms with E-state index in [4.69, 9.17) is 9.15 Å². The monoisotopic (exact) mass is 377 g/mol. The Bertz CT molecular complexity index is 1050. The fourth-order valence-electron chi connectivity index (χ4n) is 4.49. The molecule has 142 valence electrons. The summed E-state index contributed by atoms with van der Waals surface area (Å²) in [5.74, 6) is -1.20. The molecular formula is C21H20BNO5. The average molecular weight is 377 g/mol. The van der Waals surface area contributed by atoms with Crippen molar-refractivity contribution < 1.29 is 24.0 Å². The number of furan rings is 1. The van der Waals surface area contributed by atoms with Gasteiger partial charge in [0.15, 0.2) is 5.60 Å². The lowest BCUT2D eigenvalue weighted by molar-refractivity contribution is -0.144. The molecule has 0 saturated carbocycles. The van der Waals surface area contributed by atoms with E-state index in [0.29, 0.717) is 6.42 Å². The summed E-state index contributed by atoms with van der Waals surface area (Å²) in [6.07, 6.45) is 3.13. The standard InChI is InChI=1S/C21H20BNO5/c24-20(21-10-9-18(28-21)15-6-1-3-7-16(15)21)23-19(22(25)26)11-13-12-27-17-8-4-2-5-14(13)17/h1-8,12,18-19,25-26H,9-11H2,(H,23,24)/t18-,19+,21+/m1/s1. The summed E-state index contributed by atoms with van der Waals surface area (Å²) >= 11 is 0. The van der Waals surface area contributed by atoms with Crippen LogP contribution in [0.3, 0.4) is 0 Å². The Balaban J connectivity index is 1.41. The van der Waals surface area contributed by atoms with Crippen LogP contribution in [0.25, 0.3) is 11.0 Å². The van der Waals surface area contributed by atoms with E-state index in [0.717, 1.165) is 34.1 Å². The van der Waals surface area contributed by atoms with Crippen LogP contribution >= 0.6 is 0 Å². The molecule has 28 heavy (non-hydrogen) atoms. The molecule has 0 unspecified atom stereocenters. The van der Waals surface area contributed by atoms with Crippen molar-refractivity contribution in [2.45, 2.75) is 36.9 Å². The summed E-state index contributed by atoms with van der Waals surface area (Å²) in [6.45, 7) is 0. The van der Waals surface area contributed by atoms with Gasteiger partial charge in [0, 0.05) is 5.39 Å². The van der Waals surface area contributed by atoms with Gasteiger partial charge in [0.2, 0.25) is 0 Å². The lowest BCUT2D eigenvalue weighted by Crippen LogP contribution is -2.53. The minimum absolute atomic E-state index is 0.0720. The molecule has 0 radical (unpaired) electrons. The Hall–Kier alpha value is -2.61. The molecule has 7 heteroatoms. The molecule has 6 nitrogen and oxygen atoms in total. The van der Waals surface area contributed by atoms with Crippen molar-refractivity contribution in [1.29, 1.82) is 0 Å². The molecule has 2 aromatic carbocycles. The largest absolute Gasteiger partial charge is 0.475 e. The lowest BCUT2D eigenvalue weighted by atomic mass is 9.74. The molecule has 2 bridgehead atoms. The number of para-hydroxylation sites is 1. The zero-order valence-corrected chi connectivity index (χ0v) is 15.2. The zero-order chi connectivity index (χ0) is 19.3. The summed E-state index contributed by atoms with van der Waals surface area (Å²) in [5.41, 5.74) is 2.41. The molecule has 3 N–H and O–H groups in total. The molecule has 0 spiro atoms. The Kier molecular flexibility index (Phi) is 4.05. The maximum atomic E-state index is 13.2. The molecule has 5 rings (SSSR count). The molecule has 1 fully saturated rings. The number of benzene rings is 2. The summed E-state index contributed by atoms with van der Waals surface area (Å²) in [7, 11) is -1.71. The van der Waals surface area contributed by atoms with Gasteiger partial charge < -0.3 is 24.5 Å². The maximum Gasteiger partial charge on any atom is 0.475 e. The summed E-state index contributed by atoms with van der Waals surface area (Å²) < 4.78 is 11.6. The number of rotatable bonds is 5. The summed E-state index contributed by atoms with van der Waals surface area (Å²) in [4.78, 5) is 13.2. The van der Waals surface area contributed by atoms with Crippen molar-refractivity contribution in [2.75, 3.05) is 0 Å². The first-order valence-corrected chi connectivity index (χ1v) is 9.48. The Labute approximate surface area is 162 Å². The number of carbonyl (C=O) groups is 1. The Morgan fingerprint density at radius 1 is 1.21 bits per heavy atom. The highest BCUT2D eigenvalue weighted by Gasteiger charge is 2.55. The van der Waals surface area contributed by atoms with Crippen LogP contribution < -0.4 is 5.32 Å². The topological polar surface area (TPSA) is 91.9 Å². The van der Waals surface area contributed by atoms with Gasteiger partial charge in [-0.3, -0.25) is 4.79 Å². The SMILES string of the molecule is O=C(N[C@@H](Cc1coc2ccccc12)B(O)O)[C@@]12CC[C@@H](O1)c1ccccc12. The van der Waals surface area contributed by atoms with Gasteiger partial charge in [0.05, 0.1) is 18.3 Å². The van der Waals surface area contributed by atoms with Gasteiger partial charge in [-0.1, -0.05) is 42.5 Å². The van der Waals surface area contributed by atoms with Gasteiger partial charge in [0.1, 0.15) is 5.58 Å². The van der Waals surface area contributed by atoms with Crippen molar-refractivity contribution in [2.24, 2.45) is 0 Å². The third-order valence-electron chi connectivity index (χ3n) is 5.89. The van der Waals surface area contributed by atoms with Crippen LogP contribution in [0.1, 0.15) is 35.6 Å². The van der Waals surface area contributed by atoms with Crippen LogP contribution in [0.5, 0.6) is 0 Å². The molecule has 2 aliphatic heterocycles. The molecule has 1 saturated heterocycles. The van der Waals surface area contributed by atoms with E-state index in [2.05, 4.69) is 5.32 Å². The molecule has 1 aromatic heterocycles. The molecule has 3 aromatic rings. The van der Waals surface area contributed by atoms with Gasteiger partial charge in [-0.15, -0.1) is 0 Å². The second-order valence-electron chi connectivity index (χ2n) is 7.51. The number of hydrogen-bond donors (Lipinski definition) is 3. The predicted octanol–water partition coefficient (Wildman–Crippen LogP) is 2.23. The number of ether oxygens (including phenoxy) is 1. The van der Waals surface area contributed by atoms with E-state index in [1.165, 1.54) is 0 Å². The number of fused-ring (bicyclic) bond motifs is 6. The maximum absolute atomic E-state index is 13.2. The molecule has 0 aliphatic carbocycles. The first-order chi connectivity index (χ1) is 13.6. The van der Waals surface area contributed by atoms with E-state index in [9.17, 15) is 14.8 Å². The molecule has 1 amide bonds. The van der Waals surface area contributed by atoms with E-state index >= 15 is 0 Å². The zero-order valence-electron chi connectivity index (χ0n) is 15.2. The van der Waals surface area contributed by atoms with Crippen molar-refractivity contribution in [3.05, 3.63) is 71.5 Å². The first-order valence-electron chi connectivity index (χ1n) is 9.48. The van der Waals surface area contributed by atoms with Gasteiger partial charge >= 0.3 is 7.12 Å². The summed E-state index contributed by atoms with van der Waals surface area (Å²) in [6, 6.07) is 15.3. The van der Waals surface area contributed by atoms with Gasteiger partial charge in [0.25, 0.3) is 5.91 Å². The van der Waals surface area contributed by atoms with E-state index < -0.39 is 18.7 Å². The highest BCUT2D eigenvalue weighted by molar-refractivity contribution is 6.43. The third kappa shape index (κ3) is 2.58. The smallest absolute Gasteiger partial charge is 0.464 e. The predicted molar refractivity (Wildman–Crippen MR) is 103 cm³/mol. The second-order valence-corrected chi connectivity index (χ2v) is 7.51. The Morgan fingerprint density at radius 2 is 2.00 bits per heavy atom. The van der Waals surface area contributed by atoms with Crippen LogP contribution in [0.2, 0.25) is 0 Å². The fraction of sp³-hybridized carbons (Fsp3) is 0.286. The van der Waals surface area contributed by atoms with E-state index in [-0.39, 0.29) is 18.4 Å². The van der Waals surface area contributed by atoms with E-state index in [1.54, 1.807) is 6.26 Å². The van der Waals surface area contributed by atoms with Crippen LogP contribution in [0.15, 0.2) is 59.2 Å². The quantitative estimate of drug-likeness (QED) is 0.593. The molecule has 2 aliphatic rings. The van der Waals surface area contributed by atoms with Gasteiger partial charge in [-0.05, 0) is 42.0 Å². The normalized spacial score (nSPS) is 23.6. The van der Waals surface area contributed by atoms with Crippen LogP contribution in [-0.2, 0) is 21.6 Å². The third-order valence-corrected chi connectivity index (χ3v) is 5.89. The highest BCUT2D eigenvalue weighted by Crippen LogP contribution is 2.54. The molecular weight excluding hydrogens is 357 g/mol. The number of nitrogens with one attached hydrogen (secondary N) is 1. The summed E-state index contributed by atoms with van der Waals surface area (Å²) in [5, 5.41) is 23.5. The second kappa shape index (κ2) is 6.48. The Morgan fingerprint density at radius 3 is 2.86 bits per heavy atom. The van der Waals surface area contributed by atoms with Gasteiger partial charge in [-0.2, -0.15) is 0 Å². The van der Waals surface area contributed by atoms with Crippen LogP contribution in [0, 0.1) is 0 Å². The van der Waals surface area contributed by atoms with Crippen LogP contribution in [-0.4, -0.2) is 29.0 Å². The average Bonchev–Trinajstić information content (AvgIpc) is 3.41. The van der Waals surface area contributed by atoms with Crippen molar-refractivity contribution in [3.63, 3.8) is 0 Å². The number of hydrogen-bond acceptors (Lipinski definition) is 5. The minimum atomic E-state index is -1.71. The fourth-order valence-corrected chi connectivity index (χ4v) is 4.49. The van der Waals surface area contributed by atoms with Crippen LogP contribution in [0.4, 0.5) is 0 Å². The van der Waals surface area contributed by atoms with Gasteiger partial charge in [-0.25, -0.2) is 0 Å². The number of carbonyl (C=O) groups excluding carboxylic acids is 1. The molecule has 3 atom stereocenters. The number of amides is 1. The minimum Gasteiger partial charge on any atom is -0.464 e. The van der Waals surface area contributed by atoms with Crippen molar-refractivity contribution >= 4 is 24.0 Å². The van der Waals surface area contributed by atoms with Crippen molar-refractivity contribution in [1.82, 2.24) is 5.32 Å². The highest BCUT2D eigenvalue weighted by atomic mass is 16.5. The lowest BCUT2D eigenvalue weighted by Gasteiger charge is -2.28. The van der Waals surface area contributed by atoms with Crippen molar-refractivity contribution in [3.8, 4) is 0 Å². The van der Waals surface area contributed by atoms with E-state index in [1.807, 2.05) is 48.5 Å². The molecule has 3 heterocycles.